The molecule has 0 aliphatic heterocycles. The van der Waals surface area contributed by atoms with Gasteiger partial charge in [0.25, 0.3) is 5.91 Å². The molecule has 0 saturated carbocycles. The van der Waals surface area contributed by atoms with Crippen LogP contribution < -0.4 is 15.4 Å². The largest absolute Gasteiger partial charge is 0.495 e. The number of anilines is 2. The molecule has 7 nitrogen and oxygen atoms in total. The van der Waals surface area contributed by atoms with Gasteiger partial charge in [0.15, 0.2) is 0 Å². The van der Waals surface area contributed by atoms with Crippen molar-refractivity contribution in [3.8, 4) is 5.75 Å². The van der Waals surface area contributed by atoms with Crippen LogP contribution >= 0.6 is 11.3 Å². The first-order valence-electron chi connectivity index (χ1n) is 7.59. The van der Waals surface area contributed by atoms with Crippen LogP contribution in [0.4, 0.5) is 11.4 Å². The van der Waals surface area contributed by atoms with Crippen LogP contribution in [0.15, 0.2) is 24.3 Å². The molecule has 0 fully saturated rings. The van der Waals surface area contributed by atoms with Gasteiger partial charge in [0.1, 0.15) is 10.6 Å². The predicted octanol–water partition coefficient (Wildman–Crippen LogP) is 3.16. The number of benzene rings is 1. The van der Waals surface area contributed by atoms with Crippen LogP contribution in [0.3, 0.4) is 0 Å². The van der Waals surface area contributed by atoms with Crippen LogP contribution in [0.1, 0.15) is 22.3 Å². The Balaban J connectivity index is 1.90. The number of hydrogen-bond acceptors (Lipinski definition) is 5. The van der Waals surface area contributed by atoms with Gasteiger partial charge in [-0.15, -0.1) is 11.3 Å². The van der Waals surface area contributed by atoms with Gasteiger partial charge in [0, 0.05) is 25.0 Å². The Kier molecular flexibility index (Phi) is 4.45. The maximum Gasteiger partial charge on any atom is 0.265 e. The molecule has 0 spiro atoms. The van der Waals surface area contributed by atoms with E-state index in [2.05, 4.69) is 15.7 Å². The Labute approximate surface area is 148 Å². The first-order valence-corrected chi connectivity index (χ1v) is 8.41. The second-order valence-electron chi connectivity index (χ2n) is 5.59. The molecule has 2 N–H and O–H groups in total. The minimum absolute atomic E-state index is 0.185. The lowest BCUT2D eigenvalue weighted by Crippen LogP contribution is -2.12. The van der Waals surface area contributed by atoms with Gasteiger partial charge in [-0.25, -0.2) is 0 Å². The minimum atomic E-state index is -0.237. The van der Waals surface area contributed by atoms with E-state index in [4.69, 9.17) is 4.74 Å². The zero-order chi connectivity index (χ0) is 18.1. The fourth-order valence-corrected chi connectivity index (χ4v) is 3.61. The lowest BCUT2D eigenvalue weighted by molar-refractivity contribution is -0.114. The third-order valence-corrected chi connectivity index (χ3v) is 4.89. The van der Waals surface area contributed by atoms with Crippen molar-refractivity contribution in [1.29, 1.82) is 0 Å². The molecule has 0 bridgehead atoms. The Hall–Kier alpha value is -2.87. The van der Waals surface area contributed by atoms with E-state index in [0.29, 0.717) is 22.0 Å². The predicted molar refractivity (Wildman–Crippen MR) is 98.6 cm³/mol. The van der Waals surface area contributed by atoms with Crippen molar-refractivity contribution in [1.82, 2.24) is 9.78 Å². The highest BCUT2D eigenvalue weighted by Gasteiger charge is 2.17. The normalized spacial score (nSPS) is 10.7. The number of nitrogens with zero attached hydrogens (tertiary/aromatic N) is 2. The Bertz CT molecular complexity index is 939. The summed E-state index contributed by atoms with van der Waals surface area (Å²) in [5.41, 5.74) is 1.96. The summed E-state index contributed by atoms with van der Waals surface area (Å²) in [5.74, 6) is 0.0928. The highest BCUT2D eigenvalue weighted by Crippen LogP contribution is 2.31. The quantitative estimate of drug-likeness (QED) is 0.750. The highest BCUT2D eigenvalue weighted by molar-refractivity contribution is 7.20. The molecule has 0 atom stereocenters. The summed E-state index contributed by atoms with van der Waals surface area (Å²) in [6.07, 6.45) is 0. The maximum absolute atomic E-state index is 12.6. The van der Waals surface area contributed by atoms with Gasteiger partial charge in [-0.1, -0.05) is 0 Å². The summed E-state index contributed by atoms with van der Waals surface area (Å²) in [6, 6.07) is 6.91. The summed E-state index contributed by atoms with van der Waals surface area (Å²) in [6.45, 7) is 3.34. The van der Waals surface area contributed by atoms with Crippen molar-refractivity contribution < 1.29 is 14.3 Å². The molecular formula is C17H18N4O3S. The number of methoxy groups -OCH3 is 1. The first-order chi connectivity index (χ1) is 11.9. The summed E-state index contributed by atoms with van der Waals surface area (Å²) < 4.78 is 7.05. The molecule has 3 aromatic rings. The van der Waals surface area contributed by atoms with Crippen molar-refractivity contribution in [2.75, 3.05) is 17.7 Å². The van der Waals surface area contributed by atoms with E-state index in [1.165, 1.54) is 25.4 Å². The molecule has 2 heterocycles. The van der Waals surface area contributed by atoms with Crippen molar-refractivity contribution in [3.05, 3.63) is 34.8 Å². The number of rotatable bonds is 4. The number of carbonyl (C=O) groups excluding carboxylic acids is 2. The standard InChI is InChI=1S/C17H18N4O3S/c1-9-12-8-15(25-17(12)21(3)20-9)16(23)19-13-7-11(18-10(2)22)5-6-14(13)24-4/h5-8H,1-4H3,(H,18,22)(H,19,23). The monoisotopic (exact) mass is 358 g/mol. The van der Waals surface area contributed by atoms with E-state index in [-0.39, 0.29) is 11.8 Å². The molecule has 25 heavy (non-hydrogen) atoms. The zero-order valence-corrected chi connectivity index (χ0v) is 15.2. The summed E-state index contributed by atoms with van der Waals surface area (Å²) in [5, 5.41) is 10.8. The summed E-state index contributed by atoms with van der Waals surface area (Å²) in [7, 11) is 3.38. The van der Waals surface area contributed by atoms with Gasteiger partial charge in [-0.05, 0) is 31.2 Å². The number of aromatic nitrogens is 2. The van der Waals surface area contributed by atoms with Crippen molar-refractivity contribution >= 4 is 44.7 Å². The number of fused-ring (bicyclic) bond motifs is 1. The third-order valence-electron chi connectivity index (χ3n) is 3.69. The number of hydrogen-bond donors (Lipinski definition) is 2. The summed E-state index contributed by atoms with van der Waals surface area (Å²) >= 11 is 1.38. The summed E-state index contributed by atoms with van der Waals surface area (Å²) in [4.78, 5) is 25.4. The Morgan fingerprint density at radius 2 is 2.00 bits per heavy atom. The van der Waals surface area contributed by atoms with Crippen LogP contribution in [-0.2, 0) is 11.8 Å². The second kappa shape index (κ2) is 6.56. The zero-order valence-electron chi connectivity index (χ0n) is 14.3. The van der Waals surface area contributed by atoms with Crippen LogP contribution in [0.5, 0.6) is 5.75 Å². The van der Waals surface area contributed by atoms with E-state index in [1.807, 2.05) is 20.0 Å². The number of aryl methyl sites for hydroxylation is 2. The smallest absolute Gasteiger partial charge is 0.265 e. The molecule has 2 aromatic heterocycles. The molecule has 0 radical (unpaired) electrons. The first kappa shape index (κ1) is 17.0. The molecule has 0 aliphatic rings. The van der Waals surface area contributed by atoms with Crippen molar-refractivity contribution in [2.45, 2.75) is 13.8 Å². The Morgan fingerprint density at radius 1 is 1.24 bits per heavy atom. The molecule has 3 rings (SSSR count). The third kappa shape index (κ3) is 3.34. The number of ether oxygens (including phenoxy) is 1. The second-order valence-corrected chi connectivity index (χ2v) is 6.62. The van der Waals surface area contributed by atoms with Gasteiger partial charge in [-0.3, -0.25) is 14.3 Å². The van der Waals surface area contributed by atoms with Crippen LogP contribution in [0, 0.1) is 6.92 Å². The maximum atomic E-state index is 12.6. The van der Waals surface area contributed by atoms with E-state index in [9.17, 15) is 9.59 Å². The Morgan fingerprint density at radius 3 is 2.64 bits per heavy atom. The molecule has 130 valence electrons. The van der Waals surface area contributed by atoms with E-state index in [1.54, 1.807) is 22.9 Å². The fourth-order valence-electron chi connectivity index (χ4n) is 2.59. The van der Waals surface area contributed by atoms with Crippen LogP contribution in [-0.4, -0.2) is 28.7 Å². The van der Waals surface area contributed by atoms with Crippen molar-refractivity contribution in [2.24, 2.45) is 7.05 Å². The number of amides is 2. The molecule has 0 saturated heterocycles. The van der Waals surface area contributed by atoms with Gasteiger partial charge >= 0.3 is 0 Å². The van der Waals surface area contributed by atoms with Crippen molar-refractivity contribution in [3.63, 3.8) is 0 Å². The highest BCUT2D eigenvalue weighted by atomic mass is 32.1. The molecular weight excluding hydrogens is 340 g/mol. The SMILES string of the molecule is COc1ccc(NC(C)=O)cc1NC(=O)c1cc2c(C)nn(C)c2s1. The van der Waals surface area contributed by atoms with Crippen LogP contribution in [0.25, 0.3) is 10.2 Å². The van der Waals surface area contributed by atoms with Gasteiger partial charge in [-0.2, -0.15) is 5.10 Å². The average molecular weight is 358 g/mol. The number of thiophene rings is 1. The fraction of sp³-hybridized carbons (Fsp3) is 0.235. The lowest BCUT2D eigenvalue weighted by atomic mass is 10.2. The van der Waals surface area contributed by atoms with Gasteiger partial charge < -0.3 is 15.4 Å². The molecule has 0 aliphatic carbocycles. The minimum Gasteiger partial charge on any atom is -0.495 e. The lowest BCUT2D eigenvalue weighted by Gasteiger charge is -2.11. The topological polar surface area (TPSA) is 85.2 Å². The van der Waals surface area contributed by atoms with Gasteiger partial charge in [0.05, 0.1) is 23.4 Å². The van der Waals surface area contributed by atoms with E-state index < -0.39 is 0 Å². The van der Waals surface area contributed by atoms with Crippen LogP contribution in [0.2, 0.25) is 0 Å². The molecule has 2 amide bonds. The van der Waals surface area contributed by atoms with E-state index >= 15 is 0 Å². The number of carbonyl (C=O) groups is 2. The molecule has 1 aromatic carbocycles. The average Bonchev–Trinajstić information content (AvgIpc) is 3.09. The number of nitrogens with one attached hydrogen (secondary N) is 2. The van der Waals surface area contributed by atoms with Gasteiger partial charge in [0.2, 0.25) is 5.91 Å². The molecule has 0 unspecified atom stereocenters. The van der Waals surface area contributed by atoms with E-state index in [0.717, 1.165) is 15.9 Å². The molecule has 8 heteroatoms.